The van der Waals surface area contributed by atoms with Crippen LogP contribution in [0.3, 0.4) is 0 Å². The Morgan fingerprint density at radius 1 is 1.24 bits per heavy atom. The quantitative estimate of drug-likeness (QED) is 0.478. The van der Waals surface area contributed by atoms with Gasteiger partial charge >= 0.3 is 0 Å². The van der Waals surface area contributed by atoms with E-state index in [2.05, 4.69) is 5.16 Å². The second-order valence-electron chi connectivity index (χ2n) is 4.13. The first-order valence-corrected chi connectivity index (χ1v) is 6.08. The van der Waals surface area contributed by atoms with Crippen LogP contribution in [0.4, 0.5) is 5.69 Å². The van der Waals surface area contributed by atoms with Crippen molar-refractivity contribution in [3.8, 4) is 6.07 Å². The lowest BCUT2D eigenvalue weighted by molar-refractivity contribution is -0.385. The molecule has 0 aliphatic heterocycles. The highest BCUT2D eigenvalue weighted by atomic mass is 16.6. The van der Waals surface area contributed by atoms with Gasteiger partial charge in [0.2, 0.25) is 0 Å². The molecular weight excluding hydrogens is 270 g/mol. The molecule has 0 spiro atoms. The first-order chi connectivity index (χ1) is 10.2. The van der Waals surface area contributed by atoms with E-state index >= 15 is 0 Å². The number of hydrogen-bond acceptors (Lipinski definition) is 5. The van der Waals surface area contributed by atoms with Gasteiger partial charge in [-0.05, 0) is 23.8 Å². The fraction of sp³-hybridized carbons (Fsp3) is 0.0667. The second-order valence-corrected chi connectivity index (χ2v) is 4.13. The lowest BCUT2D eigenvalue weighted by Crippen LogP contribution is -1.94. The zero-order chi connectivity index (χ0) is 15.1. The third kappa shape index (κ3) is 3.88. The summed E-state index contributed by atoms with van der Waals surface area (Å²) in [7, 11) is 0. The van der Waals surface area contributed by atoms with Crippen LogP contribution in [0.1, 0.15) is 16.7 Å². The Morgan fingerprint density at radius 3 is 2.62 bits per heavy atom. The Labute approximate surface area is 121 Å². The van der Waals surface area contributed by atoms with E-state index in [1.807, 2.05) is 6.07 Å². The van der Waals surface area contributed by atoms with E-state index in [0.29, 0.717) is 11.1 Å². The predicted molar refractivity (Wildman–Crippen MR) is 76.6 cm³/mol. The zero-order valence-electron chi connectivity index (χ0n) is 11.0. The molecule has 0 bridgehead atoms. The Bertz CT molecular complexity index is 703. The first-order valence-electron chi connectivity index (χ1n) is 6.08. The van der Waals surface area contributed by atoms with Crippen molar-refractivity contribution in [3.05, 3.63) is 75.3 Å². The van der Waals surface area contributed by atoms with Crippen LogP contribution >= 0.6 is 0 Å². The summed E-state index contributed by atoms with van der Waals surface area (Å²) in [6.07, 6.45) is 1.31. The SMILES string of the molecule is N#Cc1ccc(CO/N=C/c2ccccc2[N+](=O)[O-])cc1. The van der Waals surface area contributed by atoms with E-state index in [1.165, 1.54) is 12.3 Å². The minimum atomic E-state index is -0.470. The van der Waals surface area contributed by atoms with Gasteiger partial charge in [-0.2, -0.15) is 5.26 Å². The van der Waals surface area contributed by atoms with E-state index in [0.717, 1.165) is 5.56 Å². The number of nitro groups is 1. The van der Waals surface area contributed by atoms with Crippen molar-refractivity contribution in [2.24, 2.45) is 5.16 Å². The smallest absolute Gasteiger partial charge is 0.278 e. The van der Waals surface area contributed by atoms with Crippen molar-refractivity contribution in [2.75, 3.05) is 0 Å². The van der Waals surface area contributed by atoms with Gasteiger partial charge in [-0.3, -0.25) is 10.1 Å². The highest BCUT2D eigenvalue weighted by Crippen LogP contribution is 2.15. The predicted octanol–water partition coefficient (Wildman–Crippen LogP) is 3.02. The van der Waals surface area contributed by atoms with Gasteiger partial charge in [0.05, 0.1) is 28.3 Å². The van der Waals surface area contributed by atoms with E-state index in [-0.39, 0.29) is 12.3 Å². The largest absolute Gasteiger partial charge is 0.391 e. The molecule has 0 aliphatic carbocycles. The molecule has 0 radical (unpaired) electrons. The van der Waals surface area contributed by atoms with Gasteiger partial charge in [0.1, 0.15) is 6.61 Å². The van der Waals surface area contributed by atoms with Gasteiger partial charge in [-0.15, -0.1) is 0 Å². The molecule has 2 aromatic carbocycles. The monoisotopic (exact) mass is 281 g/mol. The third-order valence-electron chi connectivity index (χ3n) is 2.71. The molecule has 0 unspecified atom stereocenters. The van der Waals surface area contributed by atoms with Crippen LogP contribution in [0.15, 0.2) is 53.7 Å². The summed E-state index contributed by atoms with van der Waals surface area (Å²) in [5, 5.41) is 23.2. The fourth-order valence-electron chi connectivity index (χ4n) is 1.64. The molecule has 21 heavy (non-hydrogen) atoms. The topological polar surface area (TPSA) is 88.5 Å². The van der Waals surface area contributed by atoms with Crippen LogP contribution in [0.5, 0.6) is 0 Å². The summed E-state index contributed by atoms with van der Waals surface area (Å²) in [6.45, 7) is 0.225. The molecule has 2 aromatic rings. The lowest BCUT2D eigenvalue weighted by Gasteiger charge is -2.00. The molecule has 0 heterocycles. The number of para-hydroxylation sites is 1. The first kappa shape index (κ1) is 14.2. The zero-order valence-corrected chi connectivity index (χ0v) is 11.0. The number of benzene rings is 2. The van der Waals surface area contributed by atoms with Crippen LogP contribution in [-0.4, -0.2) is 11.1 Å². The molecule has 0 aromatic heterocycles. The van der Waals surface area contributed by atoms with Crippen molar-refractivity contribution >= 4 is 11.9 Å². The molecule has 0 fully saturated rings. The molecule has 0 aliphatic rings. The molecule has 0 N–H and O–H groups in total. The van der Waals surface area contributed by atoms with Gasteiger partial charge in [0.25, 0.3) is 5.69 Å². The van der Waals surface area contributed by atoms with Gasteiger partial charge in [0.15, 0.2) is 0 Å². The van der Waals surface area contributed by atoms with Crippen LogP contribution in [0.2, 0.25) is 0 Å². The van der Waals surface area contributed by atoms with Crippen molar-refractivity contribution in [3.63, 3.8) is 0 Å². The lowest BCUT2D eigenvalue weighted by atomic mass is 10.2. The van der Waals surface area contributed by atoms with E-state index in [4.69, 9.17) is 10.1 Å². The molecule has 0 saturated heterocycles. The van der Waals surface area contributed by atoms with E-state index in [1.54, 1.807) is 42.5 Å². The van der Waals surface area contributed by atoms with Gasteiger partial charge in [-0.25, -0.2) is 0 Å². The Balaban J connectivity index is 1.97. The number of hydrogen-bond donors (Lipinski definition) is 0. The molecule has 0 atom stereocenters. The minimum absolute atomic E-state index is 0.0248. The normalized spacial score (nSPS) is 10.2. The third-order valence-corrected chi connectivity index (χ3v) is 2.71. The summed E-state index contributed by atoms with van der Waals surface area (Å²) >= 11 is 0. The van der Waals surface area contributed by atoms with E-state index < -0.39 is 4.92 Å². The van der Waals surface area contributed by atoms with Crippen molar-refractivity contribution in [2.45, 2.75) is 6.61 Å². The molecule has 6 heteroatoms. The fourth-order valence-corrected chi connectivity index (χ4v) is 1.64. The standard InChI is InChI=1S/C15H11N3O3/c16-9-12-5-7-13(8-6-12)11-21-17-10-14-3-1-2-4-15(14)18(19)20/h1-8,10H,11H2/b17-10+. The molecule has 0 amide bonds. The molecule has 104 valence electrons. The molecular formula is C15H11N3O3. The average molecular weight is 281 g/mol. The van der Waals surface area contributed by atoms with Crippen LogP contribution in [-0.2, 0) is 11.4 Å². The van der Waals surface area contributed by atoms with Crippen LogP contribution in [0, 0.1) is 21.4 Å². The summed E-state index contributed by atoms with van der Waals surface area (Å²) < 4.78 is 0. The van der Waals surface area contributed by atoms with Crippen LogP contribution < -0.4 is 0 Å². The van der Waals surface area contributed by atoms with Crippen molar-refractivity contribution in [1.82, 2.24) is 0 Å². The highest BCUT2D eigenvalue weighted by Gasteiger charge is 2.09. The van der Waals surface area contributed by atoms with Crippen LogP contribution in [0.25, 0.3) is 0 Å². The average Bonchev–Trinajstić information content (AvgIpc) is 2.52. The number of nitriles is 1. The van der Waals surface area contributed by atoms with Crippen molar-refractivity contribution in [1.29, 1.82) is 5.26 Å². The molecule has 6 nitrogen and oxygen atoms in total. The summed E-state index contributed by atoms with van der Waals surface area (Å²) in [5.74, 6) is 0. The number of oxime groups is 1. The maximum absolute atomic E-state index is 10.8. The Hall–Kier alpha value is -3.20. The summed E-state index contributed by atoms with van der Waals surface area (Å²) in [5.41, 5.74) is 1.78. The highest BCUT2D eigenvalue weighted by molar-refractivity contribution is 5.84. The molecule has 2 rings (SSSR count). The Morgan fingerprint density at radius 2 is 1.95 bits per heavy atom. The summed E-state index contributed by atoms with van der Waals surface area (Å²) in [4.78, 5) is 15.4. The molecule has 0 saturated carbocycles. The van der Waals surface area contributed by atoms with Gasteiger partial charge in [0, 0.05) is 6.07 Å². The maximum Gasteiger partial charge on any atom is 0.278 e. The minimum Gasteiger partial charge on any atom is -0.391 e. The van der Waals surface area contributed by atoms with Gasteiger partial charge in [-0.1, -0.05) is 29.4 Å². The summed E-state index contributed by atoms with van der Waals surface area (Å²) in [6, 6.07) is 15.2. The number of nitro benzene ring substituents is 1. The van der Waals surface area contributed by atoms with Gasteiger partial charge < -0.3 is 4.84 Å². The number of nitrogens with zero attached hydrogens (tertiary/aromatic N) is 3. The van der Waals surface area contributed by atoms with E-state index in [9.17, 15) is 10.1 Å². The number of rotatable bonds is 5. The second kappa shape index (κ2) is 6.82. The Kier molecular flexibility index (Phi) is 4.62. The maximum atomic E-state index is 10.8. The van der Waals surface area contributed by atoms with Crippen molar-refractivity contribution < 1.29 is 9.76 Å².